The van der Waals surface area contributed by atoms with E-state index in [2.05, 4.69) is 22.3 Å². The van der Waals surface area contributed by atoms with E-state index >= 15 is 0 Å². The van der Waals surface area contributed by atoms with E-state index in [9.17, 15) is 9.59 Å². The maximum absolute atomic E-state index is 12.5. The van der Waals surface area contributed by atoms with Gasteiger partial charge in [0.05, 0.1) is 0 Å². The van der Waals surface area contributed by atoms with Crippen molar-refractivity contribution in [2.24, 2.45) is 0 Å². The summed E-state index contributed by atoms with van der Waals surface area (Å²) in [6.07, 6.45) is 0.806. The molecule has 3 aromatic rings. The van der Waals surface area contributed by atoms with Crippen LogP contribution in [0, 0.1) is 0 Å². The predicted molar refractivity (Wildman–Crippen MR) is 102 cm³/mol. The zero-order chi connectivity index (χ0) is 18.5. The molecule has 0 saturated carbocycles. The Balaban J connectivity index is 1.72. The number of hydrogen-bond acceptors (Lipinski definition) is 4. The van der Waals surface area contributed by atoms with Crippen LogP contribution in [0.2, 0.25) is 0 Å². The first-order chi connectivity index (χ1) is 12.5. The van der Waals surface area contributed by atoms with Crippen molar-refractivity contribution in [3.8, 4) is 0 Å². The molecule has 1 heterocycles. The predicted octanol–water partition coefficient (Wildman–Crippen LogP) is 2.70. The molecule has 1 atom stereocenters. The van der Waals surface area contributed by atoms with E-state index in [1.807, 2.05) is 44.4 Å². The van der Waals surface area contributed by atoms with Crippen LogP contribution in [-0.2, 0) is 6.42 Å². The van der Waals surface area contributed by atoms with Gasteiger partial charge in [0, 0.05) is 18.0 Å². The number of carbonyl (C=O) groups is 1. The van der Waals surface area contributed by atoms with E-state index in [-0.39, 0.29) is 11.6 Å². The Labute approximate surface area is 152 Å². The number of fused-ring (bicyclic) bond motifs is 1. The number of nitrogens with zero attached hydrogens (tertiary/aromatic N) is 1. The van der Waals surface area contributed by atoms with Gasteiger partial charge in [-0.05, 0) is 38.2 Å². The van der Waals surface area contributed by atoms with Gasteiger partial charge in [0.1, 0.15) is 11.1 Å². The van der Waals surface area contributed by atoms with E-state index in [0.29, 0.717) is 12.1 Å². The Hall–Kier alpha value is -2.92. The van der Waals surface area contributed by atoms with Crippen LogP contribution < -0.4 is 10.9 Å². The normalized spacial score (nSPS) is 12.3. The minimum Gasteiger partial charge on any atom is -0.422 e. The van der Waals surface area contributed by atoms with Crippen LogP contribution in [-0.4, -0.2) is 37.5 Å². The summed E-state index contributed by atoms with van der Waals surface area (Å²) in [4.78, 5) is 26.7. The molecular formula is C21H22N2O3. The van der Waals surface area contributed by atoms with Crippen LogP contribution in [0.1, 0.15) is 15.9 Å². The van der Waals surface area contributed by atoms with Crippen molar-refractivity contribution in [2.45, 2.75) is 12.5 Å². The molecule has 26 heavy (non-hydrogen) atoms. The van der Waals surface area contributed by atoms with Crippen LogP contribution >= 0.6 is 0 Å². The number of hydrogen-bond donors (Lipinski definition) is 1. The van der Waals surface area contributed by atoms with Crippen molar-refractivity contribution in [1.29, 1.82) is 0 Å². The Kier molecular flexibility index (Phi) is 5.49. The molecule has 1 unspecified atom stereocenters. The fourth-order valence-electron chi connectivity index (χ4n) is 2.85. The number of rotatable bonds is 6. The SMILES string of the molecule is CN(C)C(CNC(=O)c1cc2ccccc2oc1=O)Cc1ccccc1. The first-order valence-corrected chi connectivity index (χ1v) is 8.56. The minimum absolute atomic E-state index is 0.0286. The van der Waals surface area contributed by atoms with Gasteiger partial charge in [-0.25, -0.2) is 4.79 Å². The smallest absolute Gasteiger partial charge is 0.349 e. The average Bonchev–Trinajstić information content (AvgIpc) is 2.65. The lowest BCUT2D eigenvalue weighted by Gasteiger charge is -2.24. The summed E-state index contributed by atoms with van der Waals surface area (Å²) in [5.74, 6) is -0.413. The largest absolute Gasteiger partial charge is 0.422 e. The van der Waals surface area contributed by atoms with Gasteiger partial charge in [-0.15, -0.1) is 0 Å². The fraction of sp³-hybridized carbons (Fsp3) is 0.238. The number of likely N-dealkylation sites (N-methyl/N-ethyl adjacent to an activating group) is 1. The second-order valence-corrected chi connectivity index (χ2v) is 6.50. The Bertz CT molecular complexity index is 948. The Morgan fingerprint density at radius 2 is 1.77 bits per heavy atom. The molecule has 1 amide bonds. The maximum Gasteiger partial charge on any atom is 0.349 e. The van der Waals surface area contributed by atoms with Gasteiger partial charge >= 0.3 is 5.63 Å². The lowest BCUT2D eigenvalue weighted by molar-refractivity contribution is 0.0938. The molecular weight excluding hydrogens is 328 g/mol. The van der Waals surface area contributed by atoms with Gasteiger partial charge in [0.25, 0.3) is 5.91 Å². The minimum atomic E-state index is -0.620. The molecule has 0 aliphatic heterocycles. The molecule has 0 spiro atoms. The zero-order valence-electron chi connectivity index (χ0n) is 14.9. The van der Waals surface area contributed by atoms with E-state index in [1.54, 1.807) is 18.2 Å². The van der Waals surface area contributed by atoms with E-state index in [0.717, 1.165) is 11.8 Å². The highest BCUT2D eigenvalue weighted by molar-refractivity contribution is 5.96. The third kappa shape index (κ3) is 4.18. The molecule has 134 valence electrons. The van der Waals surface area contributed by atoms with Crippen LogP contribution in [0.15, 0.2) is 69.9 Å². The first-order valence-electron chi connectivity index (χ1n) is 8.56. The van der Waals surface area contributed by atoms with Crippen LogP contribution in [0.4, 0.5) is 0 Å². The van der Waals surface area contributed by atoms with Crippen molar-refractivity contribution >= 4 is 16.9 Å². The summed E-state index contributed by atoms with van der Waals surface area (Å²) in [7, 11) is 3.95. The molecule has 0 bridgehead atoms. The Morgan fingerprint density at radius 3 is 2.50 bits per heavy atom. The summed E-state index contributed by atoms with van der Waals surface area (Å²) >= 11 is 0. The van der Waals surface area contributed by atoms with Crippen molar-refractivity contribution in [3.05, 3.63) is 82.2 Å². The molecule has 5 nitrogen and oxygen atoms in total. The molecule has 0 aliphatic carbocycles. The molecule has 5 heteroatoms. The van der Waals surface area contributed by atoms with Crippen molar-refractivity contribution < 1.29 is 9.21 Å². The van der Waals surface area contributed by atoms with E-state index in [1.165, 1.54) is 5.56 Å². The van der Waals surface area contributed by atoms with E-state index in [4.69, 9.17) is 4.42 Å². The highest BCUT2D eigenvalue weighted by atomic mass is 16.4. The van der Waals surface area contributed by atoms with Crippen molar-refractivity contribution in [1.82, 2.24) is 10.2 Å². The van der Waals surface area contributed by atoms with Gasteiger partial charge in [-0.3, -0.25) is 4.79 Å². The van der Waals surface area contributed by atoms with Gasteiger partial charge in [-0.2, -0.15) is 0 Å². The van der Waals surface area contributed by atoms with Crippen LogP contribution in [0.25, 0.3) is 11.0 Å². The quantitative estimate of drug-likeness (QED) is 0.695. The summed E-state index contributed by atoms with van der Waals surface area (Å²) < 4.78 is 5.24. The molecule has 2 aromatic carbocycles. The third-order valence-corrected chi connectivity index (χ3v) is 4.43. The third-order valence-electron chi connectivity index (χ3n) is 4.43. The highest BCUT2D eigenvalue weighted by Crippen LogP contribution is 2.12. The van der Waals surface area contributed by atoms with Gasteiger partial charge in [-0.1, -0.05) is 48.5 Å². The molecule has 1 aromatic heterocycles. The average molecular weight is 350 g/mol. The van der Waals surface area contributed by atoms with Crippen molar-refractivity contribution in [2.75, 3.05) is 20.6 Å². The molecule has 3 rings (SSSR count). The van der Waals surface area contributed by atoms with Gasteiger partial charge in [0.2, 0.25) is 0 Å². The second-order valence-electron chi connectivity index (χ2n) is 6.50. The summed E-state index contributed by atoms with van der Waals surface area (Å²) in [6.45, 7) is 0.437. The Morgan fingerprint density at radius 1 is 1.08 bits per heavy atom. The summed E-state index contributed by atoms with van der Waals surface area (Å²) in [6, 6.07) is 19.0. The molecule has 0 saturated heterocycles. The number of amides is 1. The maximum atomic E-state index is 12.5. The molecule has 0 radical (unpaired) electrons. The molecule has 1 N–H and O–H groups in total. The van der Waals surface area contributed by atoms with Gasteiger partial charge < -0.3 is 14.6 Å². The van der Waals surface area contributed by atoms with E-state index < -0.39 is 11.5 Å². The zero-order valence-corrected chi connectivity index (χ0v) is 14.9. The van der Waals surface area contributed by atoms with Crippen LogP contribution in [0.5, 0.6) is 0 Å². The number of benzene rings is 2. The first kappa shape index (κ1) is 17.9. The number of nitrogens with one attached hydrogen (secondary N) is 1. The summed E-state index contributed by atoms with van der Waals surface area (Å²) in [5, 5.41) is 3.59. The number of carbonyl (C=O) groups excluding carboxylic acids is 1. The molecule has 0 aliphatic rings. The fourth-order valence-corrected chi connectivity index (χ4v) is 2.85. The lowest BCUT2D eigenvalue weighted by atomic mass is 10.1. The van der Waals surface area contributed by atoms with Crippen molar-refractivity contribution in [3.63, 3.8) is 0 Å². The second kappa shape index (κ2) is 7.97. The highest BCUT2D eigenvalue weighted by Gasteiger charge is 2.17. The lowest BCUT2D eigenvalue weighted by Crippen LogP contribution is -2.42. The monoisotopic (exact) mass is 350 g/mol. The standard InChI is InChI=1S/C21H22N2O3/c1-23(2)17(12-15-8-4-3-5-9-15)14-22-20(24)18-13-16-10-6-7-11-19(16)26-21(18)25/h3-11,13,17H,12,14H2,1-2H3,(H,22,24). The van der Waals surface area contributed by atoms with Gasteiger partial charge in [0.15, 0.2) is 0 Å². The van der Waals surface area contributed by atoms with Crippen LogP contribution in [0.3, 0.4) is 0 Å². The number of para-hydroxylation sites is 1. The summed E-state index contributed by atoms with van der Waals surface area (Å²) in [5.41, 5.74) is 1.08. The molecule has 0 fully saturated rings. The topological polar surface area (TPSA) is 62.6 Å².